The summed E-state index contributed by atoms with van der Waals surface area (Å²) in [7, 11) is -0.587. The Bertz CT molecular complexity index is 1170. The number of benzene rings is 2. The molecule has 1 heterocycles. The number of hydrogen-bond donors (Lipinski definition) is 1. The van der Waals surface area contributed by atoms with E-state index in [1.54, 1.807) is 43.1 Å². The minimum absolute atomic E-state index is 0.108. The van der Waals surface area contributed by atoms with Gasteiger partial charge in [-0.1, -0.05) is 36.2 Å². The van der Waals surface area contributed by atoms with Crippen LogP contribution in [-0.2, 0) is 16.4 Å². The summed E-state index contributed by atoms with van der Waals surface area (Å²) in [6.45, 7) is 0. The molecule has 4 rings (SSSR count). The molecule has 1 aliphatic rings. The van der Waals surface area contributed by atoms with Crippen molar-refractivity contribution in [2.75, 3.05) is 24.7 Å². The number of aryl methyl sites for hydroxylation is 1. The number of sulfonamides is 1. The van der Waals surface area contributed by atoms with E-state index in [-0.39, 0.29) is 17.6 Å². The molecule has 1 saturated carbocycles. The number of ether oxygens (including phenoxy) is 2. The smallest absolute Gasteiger partial charge is 0.243 e. The highest BCUT2D eigenvalue weighted by atomic mass is 35.5. The predicted octanol–water partition coefficient (Wildman–Crippen LogP) is 4.19. The van der Waals surface area contributed by atoms with Crippen LogP contribution < -0.4 is 14.2 Å². The number of nitrogens with zero attached hydrogens (tertiary/aromatic N) is 3. The Balaban J connectivity index is 1.68. The highest BCUT2D eigenvalue weighted by molar-refractivity contribution is 7.92. The Hall–Kier alpha value is -2.78. The number of aromatic nitrogens is 3. The van der Waals surface area contributed by atoms with E-state index in [2.05, 4.69) is 14.9 Å². The van der Waals surface area contributed by atoms with E-state index in [1.807, 2.05) is 18.2 Å². The van der Waals surface area contributed by atoms with Gasteiger partial charge in [0.05, 0.1) is 20.0 Å². The van der Waals surface area contributed by atoms with Crippen molar-refractivity contribution < 1.29 is 17.9 Å². The summed E-state index contributed by atoms with van der Waals surface area (Å²) in [4.78, 5) is 0. The summed E-state index contributed by atoms with van der Waals surface area (Å²) in [6.07, 6.45) is 3.38. The number of halogens is 1. The van der Waals surface area contributed by atoms with Crippen molar-refractivity contribution in [3.8, 4) is 17.2 Å². The van der Waals surface area contributed by atoms with E-state index in [0.29, 0.717) is 34.5 Å². The molecular weight excluding hydrogens is 452 g/mol. The third-order valence-corrected chi connectivity index (χ3v) is 7.09. The minimum atomic E-state index is -3.70. The number of methoxy groups -OCH3 is 2. The van der Waals surface area contributed by atoms with Crippen molar-refractivity contribution in [1.82, 2.24) is 14.8 Å². The normalized spacial score (nSPS) is 14.1. The molecule has 0 atom stereocenters. The molecule has 10 heteroatoms. The van der Waals surface area contributed by atoms with Gasteiger partial charge in [-0.2, -0.15) is 0 Å². The molecule has 170 valence electrons. The maximum Gasteiger partial charge on any atom is 0.243 e. The van der Waals surface area contributed by atoms with Crippen LogP contribution in [-0.4, -0.2) is 43.2 Å². The van der Waals surface area contributed by atoms with Gasteiger partial charge < -0.3 is 9.47 Å². The first-order valence-corrected chi connectivity index (χ1v) is 12.4. The van der Waals surface area contributed by atoms with Gasteiger partial charge in [-0.15, -0.1) is 10.2 Å². The Morgan fingerprint density at radius 1 is 1.06 bits per heavy atom. The van der Waals surface area contributed by atoms with Crippen molar-refractivity contribution in [2.45, 2.75) is 31.6 Å². The first kappa shape index (κ1) is 22.4. The van der Waals surface area contributed by atoms with Gasteiger partial charge in [0.2, 0.25) is 16.0 Å². The quantitative estimate of drug-likeness (QED) is 0.497. The highest BCUT2D eigenvalue weighted by Gasteiger charge is 2.31. The average Bonchev–Trinajstić information content (AvgIpc) is 3.13. The fourth-order valence-electron chi connectivity index (χ4n) is 3.66. The van der Waals surface area contributed by atoms with Crippen LogP contribution in [0, 0.1) is 0 Å². The molecule has 0 unspecified atom stereocenters. The van der Waals surface area contributed by atoms with E-state index < -0.39 is 10.0 Å². The number of hydrogen-bond acceptors (Lipinski definition) is 6. The third kappa shape index (κ3) is 4.68. The van der Waals surface area contributed by atoms with Crippen LogP contribution in [0.5, 0.6) is 11.5 Å². The zero-order valence-electron chi connectivity index (χ0n) is 17.9. The van der Waals surface area contributed by atoms with Crippen molar-refractivity contribution in [1.29, 1.82) is 0 Å². The van der Waals surface area contributed by atoms with Gasteiger partial charge in [-0.25, -0.2) is 8.42 Å². The first-order chi connectivity index (χ1) is 15.4. The summed E-state index contributed by atoms with van der Waals surface area (Å²) < 4.78 is 41.3. The molecule has 1 aliphatic carbocycles. The number of rotatable bonds is 9. The maximum absolute atomic E-state index is 12.9. The minimum Gasteiger partial charge on any atom is -0.494 e. The molecule has 0 amide bonds. The summed E-state index contributed by atoms with van der Waals surface area (Å²) in [5.74, 6) is 1.96. The summed E-state index contributed by atoms with van der Waals surface area (Å²) in [6, 6.07) is 12.5. The molecular formula is C22H25ClN4O4S. The Labute approximate surface area is 192 Å². The summed E-state index contributed by atoms with van der Waals surface area (Å²) in [5.41, 5.74) is 1.45. The Kier molecular flexibility index (Phi) is 6.57. The molecule has 1 fully saturated rings. The first-order valence-electron chi connectivity index (χ1n) is 10.3. The third-order valence-electron chi connectivity index (χ3n) is 5.60. The summed E-state index contributed by atoms with van der Waals surface area (Å²) >= 11 is 5.91. The van der Waals surface area contributed by atoms with Gasteiger partial charge in [0.25, 0.3) is 0 Å². The molecule has 1 N–H and O–H groups in total. The number of nitrogens with one attached hydrogen (secondary N) is 1. The maximum atomic E-state index is 12.9. The van der Waals surface area contributed by atoms with Crippen molar-refractivity contribution in [3.63, 3.8) is 0 Å². The number of anilines is 1. The van der Waals surface area contributed by atoms with Gasteiger partial charge >= 0.3 is 0 Å². The zero-order valence-corrected chi connectivity index (χ0v) is 19.5. The van der Waals surface area contributed by atoms with E-state index >= 15 is 0 Å². The molecule has 0 bridgehead atoms. The lowest BCUT2D eigenvalue weighted by atomic mass is 9.85. The van der Waals surface area contributed by atoms with Crippen LogP contribution >= 0.6 is 11.6 Å². The lowest BCUT2D eigenvalue weighted by Gasteiger charge is -2.26. The Morgan fingerprint density at radius 2 is 1.72 bits per heavy atom. The second kappa shape index (κ2) is 9.38. The van der Waals surface area contributed by atoms with Crippen LogP contribution in [0.2, 0.25) is 5.02 Å². The largest absolute Gasteiger partial charge is 0.494 e. The second-order valence-corrected chi connectivity index (χ2v) is 9.93. The van der Waals surface area contributed by atoms with Crippen molar-refractivity contribution in [2.24, 2.45) is 0 Å². The lowest BCUT2D eigenvalue weighted by Crippen LogP contribution is -2.22. The summed E-state index contributed by atoms with van der Waals surface area (Å²) in [5, 5.41) is 9.14. The molecule has 8 nitrogen and oxygen atoms in total. The van der Waals surface area contributed by atoms with Gasteiger partial charge in [-0.05, 0) is 49.1 Å². The standard InChI is InChI=1S/C22H25ClN4O4S/c1-30-18-7-4-8-19(31-2)20(18)27-21(16-5-3-6-16)24-25-22(27)26-32(28,29)14-13-15-9-11-17(23)12-10-15/h4,7-12,16H,3,5-6,13-14H2,1-2H3,(H,25,26). The lowest BCUT2D eigenvalue weighted by molar-refractivity contribution is 0.379. The van der Waals surface area contributed by atoms with Gasteiger partial charge in [0, 0.05) is 10.9 Å². The fraction of sp³-hybridized carbons (Fsp3) is 0.364. The van der Waals surface area contributed by atoms with Crippen LogP contribution in [0.25, 0.3) is 5.69 Å². The zero-order chi connectivity index (χ0) is 22.7. The average molecular weight is 477 g/mol. The van der Waals surface area contributed by atoms with E-state index in [0.717, 1.165) is 24.8 Å². The molecule has 3 aromatic rings. The molecule has 0 saturated heterocycles. The van der Waals surface area contributed by atoms with Crippen LogP contribution in [0.3, 0.4) is 0 Å². The van der Waals surface area contributed by atoms with E-state index in [1.165, 1.54) is 0 Å². The highest BCUT2D eigenvalue weighted by Crippen LogP contribution is 2.41. The van der Waals surface area contributed by atoms with E-state index in [4.69, 9.17) is 21.1 Å². The van der Waals surface area contributed by atoms with Gasteiger partial charge in [0.1, 0.15) is 23.0 Å². The number of para-hydroxylation sites is 1. The van der Waals surface area contributed by atoms with Crippen molar-refractivity contribution >= 4 is 27.6 Å². The molecule has 2 aromatic carbocycles. The van der Waals surface area contributed by atoms with Gasteiger partial charge in [0.15, 0.2) is 0 Å². The molecule has 0 spiro atoms. The molecule has 1 aromatic heterocycles. The van der Waals surface area contributed by atoms with Crippen LogP contribution in [0.4, 0.5) is 5.95 Å². The topological polar surface area (TPSA) is 95.3 Å². The van der Waals surface area contributed by atoms with Crippen molar-refractivity contribution in [3.05, 3.63) is 58.9 Å². The molecule has 0 radical (unpaired) electrons. The molecule has 0 aliphatic heterocycles. The SMILES string of the molecule is COc1cccc(OC)c1-n1c(NS(=O)(=O)CCc2ccc(Cl)cc2)nnc1C1CCC1. The second-order valence-electron chi connectivity index (χ2n) is 7.65. The predicted molar refractivity (Wildman–Crippen MR) is 124 cm³/mol. The fourth-order valence-corrected chi connectivity index (χ4v) is 4.80. The Morgan fingerprint density at radius 3 is 2.28 bits per heavy atom. The molecule has 32 heavy (non-hydrogen) atoms. The van der Waals surface area contributed by atoms with Crippen LogP contribution in [0.1, 0.15) is 36.6 Å². The van der Waals surface area contributed by atoms with E-state index in [9.17, 15) is 8.42 Å². The van der Waals surface area contributed by atoms with Gasteiger partial charge in [-0.3, -0.25) is 9.29 Å². The van der Waals surface area contributed by atoms with Crippen LogP contribution in [0.15, 0.2) is 42.5 Å². The monoisotopic (exact) mass is 476 g/mol.